The maximum atomic E-state index is 12.8. The minimum atomic E-state index is -0.556. The van der Waals surface area contributed by atoms with Crippen molar-refractivity contribution in [2.24, 2.45) is 16.6 Å². The average molecular weight is 410 g/mol. The summed E-state index contributed by atoms with van der Waals surface area (Å²) in [6, 6.07) is 5.80. The van der Waals surface area contributed by atoms with E-state index in [2.05, 4.69) is 16.9 Å². The third-order valence-corrected chi connectivity index (χ3v) is 4.89. The van der Waals surface area contributed by atoms with Crippen molar-refractivity contribution < 1.29 is 14.3 Å². The molecule has 1 amide bonds. The zero-order valence-electron chi connectivity index (χ0n) is 17.8. The van der Waals surface area contributed by atoms with Gasteiger partial charge in [0.1, 0.15) is 6.61 Å². The fourth-order valence-electron chi connectivity index (χ4n) is 3.03. The van der Waals surface area contributed by atoms with Crippen LogP contribution in [0.1, 0.15) is 37.8 Å². The number of esters is 1. The van der Waals surface area contributed by atoms with Crippen molar-refractivity contribution in [1.29, 1.82) is 0 Å². The molecule has 160 valence electrons. The highest BCUT2D eigenvalue weighted by Crippen LogP contribution is 2.20. The summed E-state index contributed by atoms with van der Waals surface area (Å²) in [6.07, 6.45) is 9.29. The summed E-state index contributed by atoms with van der Waals surface area (Å²) < 4.78 is 5.23. The first-order valence-corrected chi connectivity index (χ1v) is 10.3. The third kappa shape index (κ3) is 6.81. The van der Waals surface area contributed by atoms with E-state index in [0.717, 1.165) is 36.2 Å². The first-order chi connectivity index (χ1) is 14.5. The average Bonchev–Trinajstić information content (AvgIpc) is 2.74. The molecule has 2 rings (SSSR count). The van der Waals surface area contributed by atoms with E-state index in [1.54, 1.807) is 12.2 Å². The second-order valence-corrected chi connectivity index (χ2v) is 7.16. The van der Waals surface area contributed by atoms with E-state index >= 15 is 0 Å². The zero-order valence-corrected chi connectivity index (χ0v) is 17.8. The van der Waals surface area contributed by atoms with Gasteiger partial charge in [-0.25, -0.2) is 0 Å². The van der Waals surface area contributed by atoms with Crippen LogP contribution in [0.5, 0.6) is 0 Å². The van der Waals surface area contributed by atoms with Crippen LogP contribution in [0.2, 0.25) is 0 Å². The monoisotopic (exact) mass is 409 g/mol. The molecule has 1 aliphatic heterocycles. The Balaban J connectivity index is 1.97. The molecule has 1 heterocycles. The predicted molar refractivity (Wildman–Crippen MR) is 122 cm³/mol. The number of hydrogen-bond acceptors (Lipinski definition) is 5. The lowest BCUT2D eigenvalue weighted by atomic mass is 9.97. The minimum Gasteiger partial charge on any atom is -0.461 e. The number of carbonyl (C=O) groups is 2. The Morgan fingerprint density at radius 1 is 1.37 bits per heavy atom. The first kappa shape index (κ1) is 23.3. The van der Waals surface area contributed by atoms with E-state index in [1.165, 1.54) is 5.56 Å². The summed E-state index contributed by atoms with van der Waals surface area (Å²) in [7, 11) is 0. The summed E-state index contributed by atoms with van der Waals surface area (Å²) in [5, 5.41) is 2.94. The second-order valence-electron chi connectivity index (χ2n) is 7.16. The molecule has 0 fully saturated rings. The lowest BCUT2D eigenvalue weighted by molar-refractivity contribution is -0.142. The molecular formula is C24H31N3O3. The number of nitrogens with one attached hydrogen (secondary N) is 1. The Labute approximate surface area is 178 Å². The summed E-state index contributed by atoms with van der Waals surface area (Å²) in [5.41, 5.74) is 10.3. The molecule has 0 spiro atoms. The molecule has 1 aromatic rings. The molecule has 0 saturated heterocycles. The van der Waals surface area contributed by atoms with E-state index in [1.807, 2.05) is 44.3 Å². The van der Waals surface area contributed by atoms with Gasteiger partial charge in [0.15, 0.2) is 0 Å². The van der Waals surface area contributed by atoms with Gasteiger partial charge >= 0.3 is 5.97 Å². The van der Waals surface area contributed by atoms with Gasteiger partial charge < -0.3 is 15.8 Å². The van der Waals surface area contributed by atoms with Gasteiger partial charge in [-0.1, -0.05) is 37.8 Å². The van der Waals surface area contributed by atoms with Crippen LogP contribution in [-0.4, -0.2) is 37.8 Å². The number of benzene rings is 1. The highest BCUT2D eigenvalue weighted by molar-refractivity contribution is 5.95. The number of fused-ring (bicyclic) bond motifs is 1. The van der Waals surface area contributed by atoms with Crippen LogP contribution in [0.15, 0.2) is 59.1 Å². The highest BCUT2D eigenvalue weighted by Gasteiger charge is 2.19. The van der Waals surface area contributed by atoms with Crippen LogP contribution in [0, 0.1) is 5.92 Å². The maximum Gasteiger partial charge on any atom is 0.306 e. The Hall–Kier alpha value is -2.99. The molecule has 0 radical (unpaired) electrons. The van der Waals surface area contributed by atoms with Crippen molar-refractivity contribution in [3.63, 3.8) is 0 Å². The lowest BCUT2D eigenvalue weighted by Crippen LogP contribution is -2.30. The Kier molecular flexibility index (Phi) is 9.22. The number of nitrogens with two attached hydrogens (primary N) is 1. The van der Waals surface area contributed by atoms with E-state index < -0.39 is 5.92 Å². The normalized spacial score (nSPS) is 14.3. The molecule has 1 aromatic carbocycles. The van der Waals surface area contributed by atoms with Crippen LogP contribution in [0.4, 0.5) is 5.69 Å². The standard InChI is InChI=1S/C24H31N3O3/c1-4-6-23(28)30-16-18(5-2)8-7-17(3)22(14-25)24(29)27-21-10-9-20-15-26-12-11-19(20)13-21/h5,7-10,13,15,22H,3-4,6,11-12,14,16,25H2,1-2H3,(H,27,29)/b8-7-,18-5+. The van der Waals surface area contributed by atoms with Crippen molar-refractivity contribution >= 4 is 23.8 Å². The van der Waals surface area contributed by atoms with E-state index in [-0.39, 0.29) is 25.0 Å². The molecule has 1 aliphatic rings. The van der Waals surface area contributed by atoms with Crippen LogP contribution < -0.4 is 11.1 Å². The molecule has 1 unspecified atom stereocenters. The topological polar surface area (TPSA) is 93.8 Å². The zero-order chi connectivity index (χ0) is 21.9. The van der Waals surface area contributed by atoms with Gasteiger partial charge in [0, 0.05) is 31.4 Å². The quantitative estimate of drug-likeness (QED) is 0.456. The minimum absolute atomic E-state index is 0.142. The molecule has 6 nitrogen and oxygen atoms in total. The summed E-state index contributed by atoms with van der Waals surface area (Å²) >= 11 is 0. The van der Waals surface area contributed by atoms with E-state index in [9.17, 15) is 9.59 Å². The Morgan fingerprint density at radius 2 is 2.17 bits per heavy atom. The second kappa shape index (κ2) is 11.9. The third-order valence-electron chi connectivity index (χ3n) is 4.89. The molecule has 0 bridgehead atoms. The lowest BCUT2D eigenvalue weighted by Gasteiger charge is -2.17. The van der Waals surface area contributed by atoms with Gasteiger partial charge in [0.25, 0.3) is 0 Å². The number of allylic oxidation sites excluding steroid dienone is 2. The fraction of sp³-hybridized carbons (Fsp3) is 0.375. The van der Waals surface area contributed by atoms with Crippen molar-refractivity contribution in [2.45, 2.75) is 33.1 Å². The summed E-state index contributed by atoms with van der Waals surface area (Å²) in [6.45, 7) is 8.90. The van der Waals surface area contributed by atoms with Crippen molar-refractivity contribution in [3.8, 4) is 0 Å². The molecule has 3 N–H and O–H groups in total. The van der Waals surface area contributed by atoms with Gasteiger partial charge in [-0.2, -0.15) is 0 Å². The molecule has 30 heavy (non-hydrogen) atoms. The number of carbonyl (C=O) groups excluding carboxylic acids is 2. The smallest absolute Gasteiger partial charge is 0.306 e. The number of amides is 1. The largest absolute Gasteiger partial charge is 0.461 e. The maximum absolute atomic E-state index is 12.8. The number of aliphatic imine (C=N–C) groups is 1. The number of ether oxygens (including phenoxy) is 1. The van der Waals surface area contributed by atoms with Crippen LogP contribution in [0.25, 0.3) is 0 Å². The van der Waals surface area contributed by atoms with Gasteiger partial charge in [0.2, 0.25) is 5.91 Å². The van der Waals surface area contributed by atoms with Crippen LogP contribution in [0.3, 0.4) is 0 Å². The van der Waals surface area contributed by atoms with E-state index in [0.29, 0.717) is 12.0 Å². The fourth-order valence-corrected chi connectivity index (χ4v) is 3.03. The van der Waals surface area contributed by atoms with Gasteiger partial charge in [-0.3, -0.25) is 14.6 Å². The number of rotatable bonds is 10. The van der Waals surface area contributed by atoms with Gasteiger partial charge in [0.05, 0.1) is 5.92 Å². The summed E-state index contributed by atoms with van der Waals surface area (Å²) in [4.78, 5) is 28.6. The number of hydrogen-bond donors (Lipinski definition) is 2. The van der Waals surface area contributed by atoms with Crippen molar-refractivity contribution in [3.05, 3.63) is 65.3 Å². The SMILES string of the molecule is C=C(/C=C\C(=C/C)COC(=O)CCC)C(CN)C(=O)Nc1ccc2c(c1)CCN=C2. The number of anilines is 1. The van der Waals surface area contributed by atoms with Crippen LogP contribution in [-0.2, 0) is 20.7 Å². The molecular weight excluding hydrogens is 378 g/mol. The molecule has 0 aromatic heterocycles. The molecule has 6 heteroatoms. The summed E-state index contributed by atoms with van der Waals surface area (Å²) in [5.74, 6) is -0.979. The predicted octanol–water partition coefficient (Wildman–Crippen LogP) is 3.58. The number of nitrogens with zero attached hydrogens (tertiary/aromatic N) is 1. The van der Waals surface area contributed by atoms with Crippen LogP contribution >= 0.6 is 0 Å². The van der Waals surface area contributed by atoms with Gasteiger partial charge in [-0.15, -0.1) is 0 Å². The molecule has 0 saturated carbocycles. The van der Waals surface area contributed by atoms with Crippen molar-refractivity contribution in [2.75, 3.05) is 25.0 Å². The molecule has 1 atom stereocenters. The first-order valence-electron chi connectivity index (χ1n) is 10.3. The van der Waals surface area contributed by atoms with Gasteiger partial charge in [-0.05, 0) is 54.2 Å². The Bertz CT molecular complexity index is 868. The van der Waals surface area contributed by atoms with E-state index in [4.69, 9.17) is 10.5 Å². The highest BCUT2D eigenvalue weighted by atomic mass is 16.5. The molecule has 0 aliphatic carbocycles. The van der Waals surface area contributed by atoms with Crippen molar-refractivity contribution in [1.82, 2.24) is 0 Å². The Morgan fingerprint density at radius 3 is 2.87 bits per heavy atom.